The van der Waals surface area contributed by atoms with E-state index in [4.69, 9.17) is 0 Å². The van der Waals surface area contributed by atoms with Gasteiger partial charge in [-0.3, -0.25) is 9.79 Å². The first-order valence-corrected chi connectivity index (χ1v) is 8.86. The third-order valence-electron chi connectivity index (χ3n) is 5.60. The average Bonchev–Trinajstić information content (AvgIpc) is 3.17. The van der Waals surface area contributed by atoms with Crippen molar-refractivity contribution in [3.8, 4) is 0 Å². The molecule has 1 saturated heterocycles. The average molecular weight is 345 g/mol. The molecule has 0 aliphatic carbocycles. The van der Waals surface area contributed by atoms with Crippen molar-refractivity contribution in [2.75, 3.05) is 11.4 Å². The minimum Gasteiger partial charge on any atom is -0.374 e. The number of aryl methyl sites for hydroxylation is 1. The van der Waals surface area contributed by atoms with Crippen LogP contribution in [0.15, 0.2) is 46.4 Å². The molecular weight excluding hydrogens is 326 g/mol. The molecule has 0 bridgehead atoms. The number of nitrogens with zero attached hydrogens (tertiary/aromatic N) is 3. The highest BCUT2D eigenvalue weighted by Crippen LogP contribution is 2.40. The highest BCUT2D eigenvalue weighted by molar-refractivity contribution is 6.28. The maximum Gasteiger partial charge on any atom is 0.204 e. The first-order chi connectivity index (χ1) is 12.5. The standard InChI is InChI=1S/C21H19N3O2/c1-12-3-6-18-17(9-12)19(25)21(26)7-8-24(20(21)23-18)15-4-5-16-13(2)22-11-14(16)10-15/h3-6,9-10,26H,7-8,11H2,1-2H3/t21-/m1/s1. The Morgan fingerprint density at radius 3 is 2.81 bits per heavy atom. The lowest BCUT2D eigenvalue weighted by atomic mass is 9.87. The molecule has 5 nitrogen and oxygen atoms in total. The zero-order valence-corrected chi connectivity index (χ0v) is 14.8. The fourth-order valence-corrected chi connectivity index (χ4v) is 4.12. The molecule has 130 valence electrons. The molecule has 3 heterocycles. The van der Waals surface area contributed by atoms with Gasteiger partial charge in [-0.25, -0.2) is 4.99 Å². The van der Waals surface area contributed by atoms with Crippen LogP contribution in [-0.4, -0.2) is 34.6 Å². The number of aliphatic hydroxyl groups is 1. The second kappa shape index (κ2) is 5.11. The van der Waals surface area contributed by atoms with Crippen LogP contribution in [0.5, 0.6) is 0 Å². The molecule has 1 N–H and O–H groups in total. The summed E-state index contributed by atoms with van der Waals surface area (Å²) in [6, 6.07) is 11.8. The summed E-state index contributed by atoms with van der Waals surface area (Å²) < 4.78 is 0. The Labute approximate surface area is 151 Å². The normalized spacial score (nSPS) is 23.3. The third-order valence-corrected chi connectivity index (χ3v) is 5.60. The predicted molar refractivity (Wildman–Crippen MR) is 102 cm³/mol. The predicted octanol–water partition coefficient (Wildman–Crippen LogP) is 3.19. The van der Waals surface area contributed by atoms with Crippen LogP contribution >= 0.6 is 0 Å². The molecule has 2 aromatic rings. The van der Waals surface area contributed by atoms with Gasteiger partial charge >= 0.3 is 0 Å². The Kier molecular flexibility index (Phi) is 3.04. The fourth-order valence-electron chi connectivity index (χ4n) is 4.12. The number of fused-ring (bicyclic) bond motifs is 3. The Hall–Kier alpha value is -2.79. The maximum atomic E-state index is 13.0. The highest BCUT2D eigenvalue weighted by atomic mass is 16.3. The van der Waals surface area contributed by atoms with Gasteiger partial charge < -0.3 is 10.0 Å². The van der Waals surface area contributed by atoms with E-state index >= 15 is 0 Å². The van der Waals surface area contributed by atoms with Crippen LogP contribution in [0.4, 0.5) is 11.4 Å². The van der Waals surface area contributed by atoms with Crippen LogP contribution in [0.25, 0.3) is 0 Å². The molecule has 3 aliphatic heterocycles. The van der Waals surface area contributed by atoms with E-state index in [9.17, 15) is 9.90 Å². The molecule has 0 spiro atoms. The number of benzene rings is 2. The Morgan fingerprint density at radius 2 is 1.96 bits per heavy atom. The molecule has 0 saturated carbocycles. The second-order valence-electron chi connectivity index (χ2n) is 7.29. The van der Waals surface area contributed by atoms with E-state index in [-0.39, 0.29) is 5.78 Å². The van der Waals surface area contributed by atoms with Crippen molar-refractivity contribution in [3.05, 3.63) is 58.7 Å². The van der Waals surface area contributed by atoms with Gasteiger partial charge in [0, 0.05) is 35.5 Å². The van der Waals surface area contributed by atoms with Crippen molar-refractivity contribution in [3.63, 3.8) is 0 Å². The Morgan fingerprint density at radius 1 is 1.12 bits per heavy atom. The molecule has 5 rings (SSSR count). The molecule has 26 heavy (non-hydrogen) atoms. The molecule has 0 unspecified atom stereocenters. The van der Waals surface area contributed by atoms with Crippen LogP contribution in [0.3, 0.4) is 0 Å². The van der Waals surface area contributed by atoms with Crippen molar-refractivity contribution in [1.82, 2.24) is 0 Å². The number of ketones is 1. The van der Waals surface area contributed by atoms with Crippen molar-refractivity contribution in [2.45, 2.75) is 32.4 Å². The number of Topliss-reactive ketones (excluding diaryl/α,β-unsaturated/α-hetero) is 1. The molecule has 1 fully saturated rings. The summed E-state index contributed by atoms with van der Waals surface area (Å²) in [6.07, 6.45) is 0.352. The third kappa shape index (κ3) is 1.98. The van der Waals surface area contributed by atoms with E-state index in [0.717, 1.165) is 17.0 Å². The number of aliphatic imine (C=N–C) groups is 2. The van der Waals surface area contributed by atoms with Gasteiger partial charge in [-0.05, 0) is 43.7 Å². The smallest absolute Gasteiger partial charge is 0.204 e. The summed E-state index contributed by atoms with van der Waals surface area (Å²) in [6.45, 7) is 5.20. The van der Waals surface area contributed by atoms with Gasteiger partial charge in [0.25, 0.3) is 0 Å². The van der Waals surface area contributed by atoms with Crippen LogP contribution in [0.1, 0.15) is 40.4 Å². The van der Waals surface area contributed by atoms with Gasteiger partial charge in [0.05, 0.1) is 12.2 Å². The van der Waals surface area contributed by atoms with E-state index in [1.165, 1.54) is 11.1 Å². The van der Waals surface area contributed by atoms with Gasteiger partial charge in [0.15, 0.2) is 5.60 Å². The van der Waals surface area contributed by atoms with Gasteiger partial charge in [-0.1, -0.05) is 17.7 Å². The van der Waals surface area contributed by atoms with E-state index in [1.54, 1.807) is 0 Å². The molecule has 3 aliphatic rings. The quantitative estimate of drug-likeness (QED) is 0.863. The van der Waals surface area contributed by atoms with Gasteiger partial charge in [0.2, 0.25) is 5.78 Å². The molecule has 0 amide bonds. The van der Waals surface area contributed by atoms with Crippen LogP contribution in [0.2, 0.25) is 0 Å². The summed E-state index contributed by atoms with van der Waals surface area (Å²) >= 11 is 0. The number of carbonyl (C=O) groups excluding carboxylic acids is 1. The molecule has 0 aromatic heterocycles. The van der Waals surface area contributed by atoms with Crippen molar-refractivity contribution in [2.24, 2.45) is 9.98 Å². The zero-order chi connectivity index (χ0) is 18.1. The number of hydrogen-bond acceptors (Lipinski definition) is 5. The zero-order valence-electron chi connectivity index (χ0n) is 14.8. The van der Waals surface area contributed by atoms with Crippen LogP contribution in [-0.2, 0) is 6.54 Å². The Bertz CT molecular complexity index is 1040. The van der Waals surface area contributed by atoms with Crippen molar-refractivity contribution >= 4 is 28.7 Å². The van der Waals surface area contributed by atoms with E-state index in [2.05, 4.69) is 22.1 Å². The highest BCUT2D eigenvalue weighted by Gasteiger charge is 2.52. The number of rotatable bonds is 1. The van der Waals surface area contributed by atoms with Gasteiger partial charge in [0.1, 0.15) is 5.84 Å². The summed E-state index contributed by atoms with van der Waals surface area (Å²) in [5.41, 5.74) is 4.95. The molecule has 5 heteroatoms. The lowest BCUT2D eigenvalue weighted by molar-refractivity contribution is 0.0602. The fraction of sp³-hybridized carbons (Fsp3) is 0.286. The maximum absolute atomic E-state index is 13.0. The van der Waals surface area contributed by atoms with Crippen molar-refractivity contribution in [1.29, 1.82) is 0 Å². The van der Waals surface area contributed by atoms with Crippen LogP contribution in [0, 0.1) is 6.92 Å². The van der Waals surface area contributed by atoms with Gasteiger partial charge in [-0.2, -0.15) is 0 Å². The van der Waals surface area contributed by atoms with Crippen molar-refractivity contribution < 1.29 is 9.90 Å². The Balaban J connectivity index is 1.61. The largest absolute Gasteiger partial charge is 0.374 e. The summed E-state index contributed by atoms with van der Waals surface area (Å²) in [7, 11) is 0. The van der Waals surface area contributed by atoms with E-state index < -0.39 is 5.60 Å². The number of hydrogen-bond donors (Lipinski definition) is 1. The number of carbonyl (C=O) groups is 1. The topological polar surface area (TPSA) is 65.3 Å². The van der Waals surface area contributed by atoms with E-state index in [0.29, 0.717) is 36.6 Å². The number of anilines is 1. The lowest BCUT2D eigenvalue weighted by Gasteiger charge is -2.30. The minimum atomic E-state index is -1.54. The first kappa shape index (κ1) is 15.5. The molecule has 2 aromatic carbocycles. The summed E-state index contributed by atoms with van der Waals surface area (Å²) in [5, 5.41) is 11.1. The van der Waals surface area contributed by atoms with Gasteiger partial charge in [-0.15, -0.1) is 0 Å². The minimum absolute atomic E-state index is 0.246. The SMILES string of the molecule is CC1=NCc2cc(N3CC[C@@]4(O)C(=O)c5cc(C)ccc5N=C34)ccc21. The summed E-state index contributed by atoms with van der Waals surface area (Å²) in [5.74, 6) is 0.193. The first-order valence-electron chi connectivity index (χ1n) is 8.86. The molecule has 0 radical (unpaired) electrons. The molecular formula is C21H19N3O2. The monoisotopic (exact) mass is 345 g/mol. The van der Waals surface area contributed by atoms with E-state index in [1.807, 2.05) is 43.0 Å². The second-order valence-corrected chi connectivity index (χ2v) is 7.29. The number of amidine groups is 1. The molecule has 1 atom stereocenters. The van der Waals surface area contributed by atoms with Crippen LogP contribution < -0.4 is 4.90 Å². The lowest BCUT2D eigenvalue weighted by Crippen LogP contribution is -2.48. The summed E-state index contributed by atoms with van der Waals surface area (Å²) in [4.78, 5) is 24.1.